The number of rotatable bonds is 13. The molecule has 0 spiro atoms. The first-order valence-electron chi connectivity index (χ1n) is 22.6. The van der Waals surface area contributed by atoms with E-state index in [1.807, 2.05) is 25.7 Å². The molecule has 5 heterocycles. The van der Waals surface area contributed by atoms with Crippen LogP contribution in [0.3, 0.4) is 0 Å². The van der Waals surface area contributed by atoms with Crippen LogP contribution in [0.4, 0.5) is 29.5 Å². The van der Waals surface area contributed by atoms with E-state index in [1.165, 1.54) is 32.5 Å². The monoisotopic (exact) mass is 945 g/mol. The number of aromatic nitrogens is 3. The average molecular weight is 946 g/mol. The molecule has 17 nitrogen and oxygen atoms in total. The van der Waals surface area contributed by atoms with E-state index in [1.54, 1.807) is 57.3 Å². The van der Waals surface area contributed by atoms with Gasteiger partial charge in [-0.2, -0.15) is 0 Å². The second-order valence-corrected chi connectivity index (χ2v) is 18.6. The molecule has 3 saturated heterocycles. The topological polar surface area (TPSA) is 192 Å². The van der Waals surface area contributed by atoms with Gasteiger partial charge in [-0.1, -0.05) is 52.0 Å². The number of nitrogens with zero attached hydrogens (tertiary/aromatic N) is 6. The fourth-order valence-electron chi connectivity index (χ4n) is 9.29. The summed E-state index contributed by atoms with van der Waals surface area (Å²) >= 11 is 0. The molecule has 0 saturated carbocycles. The lowest BCUT2D eigenvalue weighted by Gasteiger charge is -2.42. The maximum absolute atomic E-state index is 13.9. The lowest BCUT2D eigenvalue weighted by Crippen LogP contribution is -2.58. The van der Waals surface area contributed by atoms with E-state index in [9.17, 15) is 37.1 Å². The number of hydrogen-bond acceptors (Lipinski definition) is 11. The van der Waals surface area contributed by atoms with Crippen molar-refractivity contribution in [2.75, 3.05) is 63.8 Å². The molecule has 20 heteroatoms. The van der Waals surface area contributed by atoms with Crippen LogP contribution in [-0.4, -0.2) is 137 Å². The van der Waals surface area contributed by atoms with E-state index in [0.717, 1.165) is 12.5 Å². The second-order valence-electron chi connectivity index (χ2n) is 18.6. The van der Waals surface area contributed by atoms with Crippen LogP contribution in [0.2, 0.25) is 0 Å². The fraction of sp³-hybridized carbons (Fsp3) is 0.479. The largest absolute Gasteiger partial charge is 0.573 e. The minimum Gasteiger partial charge on any atom is -0.453 e. The van der Waals surface area contributed by atoms with Crippen molar-refractivity contribution in [3.63, 3.8) is 0 Å². The van der Waals surface area contributed by atoms with Crippen LogP contribution in [-0.2, 0) is 23.9 Å². The number of piperazine rings is 1. The van der Waals surface area contributed by atoms with Gasteiger partial charge in [0, 0.05) is 57.0 Å². The van der Waals surface area contributed by atoms with E-state index >= 15 is 0 Å². The van der Waals surface area contributed by atoms with Crippen molar-refractivity contribution in [3.05, 3.63) is 78.4 Å². The Kier molecular flexibility index (Phi) is 14.7. The van der Waals surface area contributed by atoms with Gasteiger partial charge in [0.1, 0.15) is 36.1 Å². The predicted octanol–water partition coefficient (Wildman–Crippen LogP) is 6.64. The number of hydrogen-bond donors (Lipinski definition) is 3. The number of alkyl halides is 3. The summed E-state index contributed by atoms with van der Waals surface area (Å²) < 4.78 is 55.6. The van der Waals surface area contributed by atoms with Crippen molar-refractivity contribution in [1.29, 1.82) is 0 Å². The molecule has 2 aromatic carbocycles. The van der Waals surface area contributed by atoms with Crippen LogP contribution < -0.4 is 20.3 Å². The third-order valence-electron chi connectivity index (χ3n) is 12.6. The van der Waals surface area contributed by atoms with Gasteiger partial charge in [0.25, 0.3) is 5.91 Å². The summed E-state index contributed by atoms with van der Waals surface area (Å²) in [5.74, 6) is -0.836. The molecule has 3 aliphatic heterocycles. The van der Waals surface area contributed by atoms with E-state index in [4.69, 9.17) is 9.47 Å². The minimum absolute atomic E-state index is 0.0727. The molecule has 1 unspecified atom stereocenters. The Morgan fingerprint density at radius 1 is 0.926 bits per heavy atom. The Labute approximate surface area is 392 Å². The van der Waals surface area contributed by atoms with Crippen LogP contribution in [0.5, 0.6) is 5.75 Å². The van der Waals surface area contributed by atoms with Gasteiger partial charge in [-0.3, -0.25) is 19.2 Å². The number of carbonyl (C=O) groups is 5. The summed E-state index contributed by atoms with van der Waals surface area (Å²) in [5.41, 5.74) is 1.78. The van der Waals surface area contributed by atoms with Crippen molar-refractivity contribution in [1.82, 2.24) is 35.0 Å². The normalized spacial score (nSPS) is 19.8. The maximum atomic E-state index is 13.9. The molecule has 3 N–H and O–H groups in total. The van der Waals surface area contributed by atoms with Gasteiger partial charge in [0.2, 0.25) is 17.7 Å². The molecule has 7 rings (SSSR count). The van der Waals surface area contributed by atoms with Gasteiger partial charge in [-0.25, -0.2) is 14.8 Å². The Balaban J connectivity index is 1.01. The maximum Gasteiger partial charge on any atom is 0.573 e. The number of pyridine rings is 1. The highest BCUT2D eigenvalue weighted by molar-refractivity contribution is 6.05. The average Bonchev–Trinajstić information content (AvgIpc) is 4.07. The number of anilines is 2. The quantitative estimate of drug-likeness (QED) is 0.130. The number of likely N-dealkylation sites (tertiary alicyclic amines) is 2. The highest BCUT2D eigenvalue weighted by Crippen LogP contribution is 2.43. The summed E-state index contributed by atoms with van der Waals surface area (Å²) in [4.78, 5) is 85.0. The first-order chi connectivity index (χ1) is 32.2. The predicted molar refractivity (Wildman–Crippen MR) is 245 cm³/mol. The molecule has 68 heavy (non-hydrogen) atoms. The second kappa shape index (κ2) is 20.3. The smallest absolute Gasteiger partial charge is 0.453 e. The molecular weight excluding hydrogens is 888 g/mol. The Morgan fingerprint density at radius 3 is 2.31 bits per heavy atom. The first-order valence-corrected chi connectivity index (χ1v) is 22.6. The Morgan fingerprint density at radius 2 is 1.66 bits per heavy atom. The Hall–Kier alpha value is -6.70. The van der Waals surface area contributed by atoms with Gasteiger partial charge in [0.05, 0.1) is 36.9 Å². The van der Waals surface area contributed by atoms with Crippen molar-refractivity contribution in [2.24, 2.45) is 11.3 Å². The lowest BCUT2D eigenvalue weighted by atomic mass is 9.90. The number of imidazole rings is 1. The zero-order valence-corrected chi connectivity index (χ0v) is 39.2. The highest BCUT2D eigenvalue weighted by Gasteiger charge is 2.45. The molecule has 4 atom stereocenters. The molecular formula is C48H58F3N9O8. The standard InChI is InChI=1S/C48H58F3N9O8/c1-28(2)41(56-46(65)67-7)45(64)60-27-47(4,5)22-37(60)42-53-24-35(55-42)31-12-10-30(11-13-31)34-16-14-32(21-38(34)68-48(49,50)51)43(62)54-33-15-17-39(52-23-33)58-20-19-57(25-29(58)3)44(63)36-9-8-18-59(36)40(61)26-66-6/h10-17,21,23-24,28-29,36-37,41H,8-9,18-20,22,25-27H2,1-7H3,(H,53,55)(H,54,62)(H,56,65)/t29-,36?,37+,41+/m1/s1. The molecule has 2 aromatic heterocycles. The number of carbonyl (C=O) groups excluding carboxylic acids is 5. The summed E-state index contributed by atoms with van der Waals surface area (Å²) in [6.07, 6.45) is -0.703. The molecule has 0 bridgehead atoms. The van der Waals surface area contributed by atoms with Gasteiger partial charge in [-0.05, 0) is 79.0 Å². The van der Waals surface area contributed by atoms with Gasteiger partial charge >= 0.3 is 12.5 Å². The third-order valence-corrected chi connectivity index (χ3v) is 12.6. The van der Waals surface area contributed by atoms with Gasteiger partial charge < -0.3 is 49.4 Å². The van der Waals surface area contributed by atoms with E-state index in [2.05, 4.69) is 44.2 Å². The molecule has 3 fully saturated rings. The van der Waals surface area contributed by atoms with Crippen molar-refractivity contribution >= 4 is 41.2 Å². The van der Waals surface area contributed by atoms with E-state index in [-0.39, 0.29) is 52.8 Å². The summed E-state index contributed by atoms with van der Waals surface area (Å²) in [6.45, 7) is 12.0. The van der Waals surface area contributed by atoms with Crippen LogP contribution in [0.1, 0.15) is 76.1 Å². The zero-order valence-electron chi connectivity index (χ0n) is 39.2. The number of methoxy groups -OCH3 is 2. The number of amides is 5. The van der Waals surface area contributed by atoms with Crippen LogP contribution in [0.25, 0.3) is 22.4 Å². The number of benzene rings is 2. The van der Waals surface area contributed by atoms with E-state index in [0.29, 0.717) is 79.7 Å². The van der Waals surface area contributed by atoms with Gasteiger partial charge in [-0.15, -0.1) is 13.2 Å². The molecule has 4 aromatic rings. The zero-order chi connectivity index (χ0) is 49.1. The number of H-pyrrole nitrogens is 1. The number of halogens is 3. The van der Waals surface area contributed by atoms with Crippen molar-refractivity contribution < 1.29 is 51.4 Å². The molecule has 3 aliphatic rings. The van der Waals surface area contributed by atoms with Crippen molar-refractivity contribution in [3.8, 4) is 28.1 Å². The first kappa shape index (κ1) is 49.2. The Bertz CT molecular complexity index is 2480. The van der Waals surface area contributed by atoms with E-state index < -0.39 is 42.2 Å². The lowest BCUT2D eigenvalue weighted by molar-refractivity contribution is -0.274. The molecule has 0 aliphatic carbocycles. The number of aromatic amines is 1. The van der Waals surface area contributed by atoms with Crippen LogP contribution in [0.15, 0.2) is 67.0 Å². The summed E-state index contributed by atoms with van der Waals surface area (Å²) in [6, 6.07) is 12.1. The molecule has 0 radical (unpaired) electrons. The fourth-order valence-corrected chi connectivity index (χ4v) is 9.29. The number of ether oxygens (including phenoxy) is 3. The third kappa shape index (κ3) is 11.2. The number of nitrogens with one attached hydrogen (secondary N) is 3. The summed E-state index contributed by atoms with van der Waals surface area (Å²) in [7, 11) is 2.69. The van der Waals surface area contributed by atoms with Gasteiger partial charge in [0.15, 0.2) is 0 Å². The minimum atomic E-state index is -5.06. The number of alkyl carbamates (subject to hydrolysis) is 1. The van der Waals surface area contributed by atoms with Crippen LogP contribution in [0, 0.1) is 11.3 Å². The summed E-state index contributed by atoms with van der Waals surface area (Å²) in [5, 5.41) is 5.36. The molecule has 5 amide bonds. The van der Waals surface area contributed by atoms with Crippen molar-refractivity contribution in [2.45, 2.75) is 84.4 Å². The highest BCUT2D eigenvalue weighted by atomic mass is 19.4. The van der Waals surface area contributed by atoms with Crippen LogP contribution >= 0.6 is 0 Å². The molecule has 364 valence electrons. The SMILES string of the molecule is COCC(=O)N1CCCC1C(=O)N1CCN(c2ccc(NC(=O)c3ccc(-c4ccc(-c5cnc([C@@H]6CC(C)(C)CN6C(=O)[C@@H](NC(=O)OC)C(C)C)[nH]5)cc4)c(OC(F)(F)F)c3)cn2)[C@H](C)C1.